The number of halogens is 1. The van der Waals surface area contributed by atoms with Crippen LogP contribution in [-0.4, -0.2) is 23.7 Å². The molecule has 2 aromatic rings. The molecule has 1 heterocycles. The van der Waals surface area contributed by atoms with E-state index in [-0.39, 0.29) is 30.1 Å². The minimum absolute atomic E-state index is 0.0631. The number of carbonyl (C=O) groups is 2. The van der Waals surface area contributed by atoms with Crippen LogP contribution in [0.3, 0.4) is 0 Å². The van der Waals surface area contributed by atoms with Crippen LogP contribution in [0, 0.1) is 0 Å². The van der Waals surface area contributed by atoms with Gasteiger partial charge in [0.05, 0.1) is 17.7 Å². The van der Waals surface area contributed by atoms with Gasteiger partial charge in [-0.1, -0.05) is 23.7 Å². The van der Waals surface area contributed by atoms with Gasteiger partial charge in [-0.15, -0.1) is 0 Å². The van der Waals surface area contributed by atoms with E-state index < -0.39 is 0 Å². The highest BCUT2D eigenvalue weighted by Gasteiger charge is 2.16. The first-order valence-corrected chi connectivity index (χ1v) is 6.81. The van der Waals surface area contributed by atoms with Crippen molar-refractivity contribution in [1.82, 2.24) is 4.98 Å². The number of pyridine rings is 1. The van der Waals surface area contributed by atoms with Crippen LogP contribution in [0.15, 0.2) is 42.6 Å². The normalized spacial score (nSPS) is 10.2. The van der Waals surface area contributed by atoms with Gasteiger partial charge in [0.2, 0.25) is 0 Å². The number of hydrogen-bond acceptors (Lipinski definition) is 4. The SMILES string of the molecule is COc1ccccc1C(=O)CCC(=O)c1ncccc1Cl. The van der Waals surface area contributed by atoms with Crippen LogP contribution in [0.4, 0.5) is 0 Å². The Kier molecular flexibility index (Phi) is 5.06. The molecule has 0 aliphatic heterocycles. The average molecular weight is 304 g/mol. The molecule has 5 heteroatoms. The Morgan fingerprint density at radius 1 is 1.10 bits per heavy atom. The predicted molar refractivity (Wildman–Crippen MR) is 80.1 cm³/mol. The second-order valence-corrected chi connectivity index (χ2v) is 4.79. The van der Waals surface area contributed by atoms with Crippen LogP contribution < -0.4 is 4.74 Å². The number of ketones is 2. The van der Waals surface area contributed by atoms with Crippen molar-refractivity contribution in [2.75, 3.05) is 7.11 Å². The quantitative estimate of drug-likeness (QED) is 0.765. The zero-order chi connectivity index (χ0) is 15.2. The molecular weight excluding hydrogens is 290 g/mol. The van der Waals surface area contributed by atoms with Crippen LogP contribution in [0.5, 0.6) is 5.75 Å². The van der Waals surface area contributed by atoms with E-state index in [9.17, 15) is 9.59 Å². The third-order valence-electron chi connectivity index (χ3n) is 3.01. The van der Waals surface area contributed by atoms with Crippen molar-refractivity contribution in [3.63, 3.8) is 0 Å². The summed E-state index contributed by atoms with van der Waals surface area (Å²) in [5.74, 6) is 0.113. The van der Waals surface area contributed by atoms with E-state index in [2.05, 4.69) is 4.98 Å². The number of methoxy groups -OCH3 is 1. The van der Waals surface area contributed by atoms with E-state index in [1.165, 1.54) is 13.3 Å². The molecule has 0 unspecified atom stereocenters. The predicted octanol–water partition coefficient (Wildman–Crippen LogP) is 3.59. The first-order chi connectivity index (χ1) is 10.1. The maximum atomic E-state index is 12.2. The maximum absolute atomic E-state index is 12.2. The maximum Gasteiger partial charge on any atom is 0.183 e. The zero-order valence-electron chi connectivity index (χ0n) is 11.5. The van der Waals surface area contributed by atoms with E-state index in [1.54, 1.807) is 36.4 Å². The number of para-hydroxylation sites is 1. The number of benzene rings is 1. The fourth-order valence-electron chi connectivity index (χ4n) is 1.95. The minimum atomic E-state index is -0.246. The van der Waals surface area contributed by atoms with Crippen molar-refractivity contribution in [2.24, 2.45) is 0 Å². The van der Waals surface area contributed by atoms with Gasteiger partial charge in [0.1, 0.15) is 11.4 Å². The third kappa shape index (κ3) is 3.67. The first-order valence-electron chi connectivity index (χ1n) is 6.43. The fourth-order valence-corrected chi connectivity index (χ4v) is 2.17. The molecule has 0 N–H and O–H groups in total. The van der Waals surface area contributed by atoms with Crippen molar-refractivity contribution >= 4 is 23.2 Å². The summed E-state index contributed by atoms with van der Waals surface area (Å²) in [6.07, 6.45) is 1.65. The smallest absolute Gasteiger partial charge is 0.183 e. The fraction of sp³-hybridized carbons (Fsp3) is 0.188. The Labute approximate surface area is 127 Å². The van der Waals surface area contributed by atoms with Crippen LogP contribution in [0.1, 0.15) is 33.7 Å². The second-order valence-electron chi connectivity index (χ2n) is 4.38. The summed E-state index contributed by atoms with van der Waals surface area (Å²) in [6.45, 7) is 0. The van der Waals surface area contributed by atoms with Gasteiger partial charge >= 0.3 is 0 Å². The molecule has 0 aliphatic rings. The number of Topliss-reactive ketones (excluding diaryl/α,β-unsaturated/α-hetero) is 2. The molecule has 0 radical (unpaired) electrons. The number of aromatic nitrogens is 1. The lowest BCUT2D eigenvalue weighted by atomic mass is 10.0. The van der Waals surface area contributed by atoms with Crippen LogP contribution in [-0.2, 0) is 0 Å². The first kappa shape index (κ1) is 15.2. The third-order valence-corrected chi connectivity index (χ3v) is 3.31. The van der Waals surface area contributed by atoms with E-state index in [1.807, 2.05) is 0 Å². The molecule has 2 rings (SSSR count). The molecule has 0 fully saturated rings. The Hall–Kier alpha value is -2.20. The van der Waals surface area contributed by atoms with Crippen molar-refractivity contribution in [1.29, 1.82) is 0 Å². The Bertz CT molecular complexity index is 670. The van der Waals surface area contributed by atoms with Gasteiger partial charge in [-0.3, -0.25) is 14.6 Å². The molecule has 0 amide bonds. The summed E-state index contributed by atoms with van der Waals surface area (Å²) in [5.41, 5.74) is 0.673. The molecule has 0 aliphatic carbocycles. The molecule has 0 saturated heterocycles. The van der Waals surface area contributed by atoms with Gasteiger partial charge in [-0.2, -0.15) is 0 Å². The highest BCUT2D eigenvalue weighted by atomic mass is 35.5. The number of hydrogen-bond donors (Lipinski definition) is 0. The number of nitrogens with zero attached hydrogens (tertiary/aromatic N) is 1. The van der Waals surface area contributed by atoms with Crippen molar-refractivity contribution < 1.29 is 14.3 Å². The average Bonchev–Trinajstić information content (AvgIpc) is 2.52. The molecule has 0 bridgehead atoms. The molecule has 0 atom stereocenters. The van der Waals surface area contributed by atoms with Crippen molar-refractivity contribution in [2.45, 2.75) is 12.8 Å². The van der Waals surface area contributed by atoms with E-state index in [0.717, 1.165) is 0 Å². The lowest BCUT2D eigenvalue weighted by molar-refractivity contribution is 0.0913. The standard InChI is InChI=1S/C16H14ClNO3/c1-21-15-7-3-2-5-11(15)13(19)8-9-14(20)16-12(17)6-4-10-18-16/h2-7,10H,8-9H2,1H3. The summed E-state index contributed by atoms with van der Waals surface area (Å²) in [4.78, 5) is 28.1. The molecule has 1 aromatic heterocycles. The summed E-state index contributed by atoms with van der Waals surface area (Å²) in [7, 11) is 1.50. The lowest BCUT2D eigenvalue weighted by Crippen LogP contribution is -2.08. The largest absolute Gasteiger partial charge is 0.496 e. The van der Waals surface area contributed by atoms with Gasteiger partial charge in [0.25, 0.3) is 0 Å². The second kappa shape index (κ2) is 6.99. The summed E-state index contributed by atoms with van der Waals surface area (Å²) < 4.78 is 5.14. The molecule has 108 valence electrons. The monoisotopic (exact) mass is 303 g/mol. The van der Waals surface area contributed by atoms with Gasteiger partial charge in [0.15, 0.2) is 11.6 Å². The molecule has 0 saturated carbocycles. The van der Waals surface area contributed by atoms with Crippen LogP contribution in [0.25, 0.3) is 0 Å². The Morgan fingerprint density at radius 2 is 1.81 bits per heavy atom. The van der Waals surface area contributed by atoms with E-state index in [4.69, 9.17) is 16.3 Å². The molecule has 4 nitrogen and oxygen atoms in total. The highest BCUT2D eigenvalue weighted by molar-refractivity contribution is 6.33. The molecule has 0 spiro atoms. The summed E-state index contributed by atoms with van der Waals surface area (Å²) >= 11 is 5.91. The van der Waals surface area contributed by atoms with Crippen LogP contribution in [0.2, 0.25) is 5.02 Å². The molecular formula is C16H14ClNO3. The summed E-state index contributed by atoms with van der Waals surface area (Å²) in [5, 5.41) is 0.298. The number of ether oxygens (including phenoxy) is 1. The lowest BCUT2D eigenvalue weighted by Gasteiger charge is -2.07. The number of carbonyl (C=O) groups excluding carboxylic acids is 2. The van der Waals surface area contributed by atoms with Gasteiger partial charge in [0, 0.05) is 19.0 Å². The molecule has 1 aromatic carbocycles. The highest BCUT2D eigenvalue weighted by Crippen LogP contribution is 2.21. The Morgan fingerprint density at radius 3 is 2.52 bits per heavy atom. The van der Waals surface area contributed by atoms with Gasteiger partial charge in [-0.25, -0.2) is 0 Å². The topological polar surface area (TPSA) is 56.3 Å². The van der Waals surface area contributed by atoms with Crippen molar-refractivity contribution in [3.8, 4) is 5.75 Å². The number of rotatable bonds is 6. The van der Waals surface area contributed by atoms with E-state index >= 15 is 0 Å². The Balaban J connectivity index is 2.05. The van der Waals surface area contributed by atoms with Crippen LogP contribution >= 0.6 is 11.6 Å². The van der Waals surface area contributed by atoms with E-state index in [0.29, 0.717) is 16.3 Å². The zero-order valence-corrected chi connectivity index (χ0v) is 12.3. The summed E-state index contributed by atoms with van der Waals surface area (Å²) in [6, 6.07) is 10.2. The minimum Gasteiger partial charge on any atom is -0.496 e. The van der Waals surface area contributed by atoms with Gasteiger partial charge in [-0.05, 0) is 24.3 Å². The van der Waals surface area contributed by atoms with Gasteiger partial charge < -0.3 is 4.74 Å². The van der Waals surface area contributed by atoms with Crippen molar-refractivity contribution in [3.05, 3.63) is 58.9 Å². The molecule has 21 heavy (non-hydrogen) atoms.